The van der Waals surface area contributed by atoms with Gasteiger partial charge in [0.2, 0.25) is 5.91 Å². The van der Waals surface area contributed by atoms with Crippen molar-refractivity contribution in [2.75, 3.05) is 13.2 Å². The van der Waals surface area contributed by atoms with E-state index in [1.54, 1.807) is 24.3 Å². The molecule has 1 aliphatic rings. The minimum atomic E-state index is -1.00. The third-order valence-corrected chi connectivity index (χ3v) is 5.53. The van der Waals surface area contributed by atoms with Gasteiger partial charge in [0.25, 0.3) is 11.8 Å². The van der Waals surface area contributed by atoms with Crippen LogP contribution in [-0.2, 0) is 20.7 Å². The third-order valence-electron chi connectivity index (χ3n) is 5.53. The van der Waals surface area contributed by atoms with E-state index in [1.807, 2.05) is 45.0 Å². The lowest BCUT2D eigenvalue weighted by atomic mass is 10.0. The van der Waals surface area contributed by atoms with Gasteiger partial charge >= 0.3 is 5.97 Å². The maximum atomic E-state index is 12.8. The van der Waals surface area contributed by atoms with Crippen LogP contribution in [0.1, 0.15) is 58.5 Å². The topological polar surface area (TPSA) is 92.8 Å². The number of nitrogens with one attached hydrogen (secondary N) is 1. The molecular weight excluding hydrogens is 420 g/mol. The zero-order valence-corrected chi connectivity index (χ0v) is 19.3. The Kier molecular flexibility index (Phi) is 7.98. The van der Waals surface area contributed by atoms with E-state index in [1.165, 1.54) is 5.56 Å². The number of rotatable bonds is 10. The Morgan fingerprint density at radius 3 is 2.15 bits per heavy atom. The number of ether oxygens (including phenoxy) is 1. The fraction of sp³-hybridized carbons (Fsp3) is 0.385. The van der Waals surface area contributed by atoms with Crippen molar-refractivity contribution in [1.82, 2.24) is 10.2 Å². The van der Waals surface area contributed by atoms with Crippen LogP contribution in [0.5, 0.6) is 0 Å². The minimum Gasteiger partial charge on any atom is -0.462 e. The Bertz CT molecular complexity index is 994. The number of fused-ring (bicyclic) bond motifs is 1. The summed E-state index contributed by atoms with van der Waals surface area (Å²) in [5.74, 6) is -1.68. The van der Waals surface area contributed by atoms with Crippen molar-refractivity contribution in [1.29, 1.82) is 0 Å². The van der Waals surface area contributed by atoms with Crippen molar-refractivity contribution in [3.63, 3.8) is 0 Å². The normalized spacial score (nSPS) is 13.8. The average Bonchev–Trinajstić information content (AvgIpc) is 3.04. The number of hydrogen-bond donors (Lipinski definition) is 1. The molecule has 7 heteroatoms. The van der Waals surface area contributed by atoms with Gasteiger partial charge in [-0.1, -0.05) is 55.8 Å². The second kappa shape index (κ2) is 10.9. The van der Waals surface area contributed by atoms with Crippen molar-refractivity contribution >= 4 is 23.7 Å². The molecule has 1 atom stereocenters. The first-order valence-electron chi connectivity index (χ1n) is 11.2. The Balaban J connectivity index is 1.50. The highest BCUT2D eigenvalue weighted by atomic mass is 16.5. The molecule has 0 aromatic heterocycles. The summed E-state index contributed by atoms with van der Waals surface area (Å²) >= 11 is 0. The number of hydrogen-bond acceptors (Lipinski definition) is 5. The van der Waals surface area contributed by atoms with E-state index in [-0.39, 0.29) is 25.0 Å². The van der Waals surface area contributed by atoms with Gasteiger partial charge in [-0.15, -0.1) is 0 Å². The van der Waals surface area contributed by atoms with Crippen LogP contribution in [0.25, 0.3) is 0 Å². The van der Waals surface area contributed by atoms with Crippen LogP contribution in [0.15, 0.2) is 48.5 Å². The van der Waals surface area contributed by atoms with Gasteiger partial charge in [-0.2, -0.15) is 0 Å². The Hall–Kier alpha value is -3.48. The summed E-state index contributed by atoms with van der Waals surface area (Å²) in [5, 5.41) is 2.74. The maximum Gasteiger partial charge on any atom is 0.329 e. The number of benzene rings is 2. The molecule has 0 radical (unpaired) electrons. The van der Waals surface area contributed by atoms with Gasteiger partial charge in [0, 0.05) is 6.42 Å². The molecule has 2 aromatic carbocycles. The summed E-state index contributed by atoms with van der Waals surface area (Å²) < 4.78 is 5.34. The van der Waals surface area contributed by atoms with Gasteiger partial charge in [-0.3, -0.25) is 19.3 Å². The van der Waals surface area contributed by atoms with Gasteiger partial charge in [0.05, 0.1) is 17.7 Å². The Morgan fingerprint density at radius 1 is 0.970 bits per heavy atom. The van der Waals surface area contributed by atoms with Crippen LogP contribution in [0.2, 0.25) is 0 Å². The molecule has 7 nitrogen and oxygen atoms in total. The molecule has 1 heterocycles. The molecule has 1 aliphatic heterocycles. The first kappa shape index (κ1) is 24.2. The smallest absolute Gasteiger partial charge is 0.329 e. The number of carbonyl (C=O) groups is 4. The molecule has 0 aliphatic carbocycles. The SMILES string of the molecule is Cc1ccc(CCC(=O)NCCOC(=O)C(CC(C)C)N2C(=O)c3ccccc3C2=O)cc1. The molecule has 0 bridgehead atoms. The fourth-order valence-electron chi connectivity index (χ4n) is 3.78. The first-order chi connectivity index (χ1) is 15.8. The predicted octanol–water partition coefficient (Wildman–Crippen LogP) is 3.30. The second-order valence-electron chi connectivity index (χ2n) is 8.67. The average molecular weight is 451 g/mol. The van der Waals surface area contributed by atoms with E-state index in [2.05, 4.69) is 5.32 Å². The molecule has 174 valence electrons. The van der Waals surface area contributed by atoms with Crippen molar-refractivity contribution < 1.29 is 23.9 Å². The van der Waals surface area contributed by atoms with Crippen LogP contribution in [0, 0.1) is 12.8 Å². The molecule has 2 aromatic rings. The molecule has 0 fully saturated rings. The van der Waals surface area contributed by atoms with Crippen LogP contribution >= 0.6 is 0 Å². The number of carbonyl (C=O) groups excluding carboxylic acids is 4. The zero-order chi connectivity index (χ0) is 24.0. The number of esters is 1. The molecule has 0 spiro atoms. The highest BCUT2D eigenvalue weighted by molar-refractivity contribution is 6.22. The van der Waals surface area contributed by atoms with Crippen molar-refractivity contribution in [2.45, 2.75) is 46.1 Å². The van der Waals surface area contributed by atoms with E-state index in [0.717, 1.165) is 10.5 Å². The van der Waals surface area contributed by atoms with E-state index in [0.29, 0.717) is 30.4 Å². The number of imide groups is 1. The van der Waals surface area contributed by atoms with Gasteiger partial charge in [0.15, 0.2) is 0 Å². The number of nitrogens with zero attached hydrogens (tertiary/aromatic N) is 1. The van der Waals surface area contributed by atoms with Crippen LogP contribution < -0.4 is 5.32 Å². The molecule has 0 saturated heterocycles. The minimum absolute atomic E-state index is 0.0349. The summed E-state index contributed by atoms with van der Waals surface area (Å²) in [7, 11) is 0. The Labute approximate surface area is 194 Å². The van der Waals surface area contributed by atoms with Gasteiger partial charge in [0.1, 0.15) is 12.6 Å². The lowest BCUT2D eigenvalue weighted by Crippen LogP contribution is -2.46. The largest absolute Gasteiger partial charge is 0.462 e. The quantitative estimate of drug-likeness (QED) is 0.341. The highest BCUT2D eigenvalue weighted by Crippen LogP contribution is 2.27. The third kappa shape index (κ3) is 6.06. The molecule has 0 saturated carbocycles. The number of amides is 3. The Morgan fingerprint density at radius 2 is 1.58 bits per heavy atom. The van der Waals surface area contributed by atoms with Crippen molar-refractivity contribution in [3.05, 3.63) is 70.8 Å². The van der Waals surface area contributed by atoms with Gasteiger partial charge in [-0.05, 0) is 43.4 Å². The lowest BCUT2D eigenvalue weighted by molar-refractivity contribution is -0.149. The van der Waals surface area contributed by atoms with Crippen LogP contribution in [0.3, 0.4) is 0 Å². The maximum absolute atomic E-state index is 12.8. The monoisotopic (exact) mass is 450 g/mol. The fourth-order valence-corrected chi connectivity index (χ4v) is 3.78. The standard InChI is InChI=1S/C26H30N2O5/c1-17(2)16-22(28-24(30)20-6-4-5-7-21(20)25(28)31)26(32)33-15-14-27-23(29)13-12-19-10-8-18(3)9-11-19/h4-11,17,22H,12-16H2,1-3H3,(H,27,29). The summed E-state index contributed by atoms with van der Waals surface area (Å²) in [5.41, 5.74) is 2.84. The highest BCUT2D eigenvalue weighted by Gasteiger charge is 2.43. The summed E-state index contributed by atoms with van der Waals surface area (Å²) in [6.07, 6.45) is 1.26. The zero-order valence-electron chi connectivity index (χ0n) is 19.3. The molecule has 1 unspecified atom stereocenters. The number of aryl methyl sites for hydroxylation is 2. The molecule has 3 amide bonds. The summed E-state index contributed by atoms with van der Waals surface area (Å²) in [6, 6.07) is 13.5. The lowest BCUT2D eigenvalue weighted by Gasteiger charge is -2.26. The van der Waals surface area contributed by atoms with Crippen molar-refractivity contribution in [3.8, 4) is 0 Å². The summed E-state index contributed by atoms with van der Waals surface area (Å²) in [4.78, 5) is 51.5. The van der Waals surface area contributed by atoms with Crippen LogP contribution in [-0.4, -0.2) is 47.8 Å². The molecule has 3 rings (SSSR count). The van der Waals surface area contributed by atoms with Crippen molar-refractivity contribution in [2.24, 2.45) is 5.92 Å². The van der Waals surface area contributed by atoms with Crippen LogP contribution in [0.4, 0.5) is 0 Å². The van der Waals surface area contributed by atoms with E-state index >= 15 is 0 Å². The molecular formula is C26H30N2O5. The predicted molar refractivity (Wildman–Crippen MR) is 124 cm³/mol. The summed E-state index contributed by atoms with van der Waals surface area (Å²) in [6.45, 7) is 5.96. The molecule has 1 N–H and O–H groups in total. The molecule has 33 heavy (non-hydrogen) atoms. The van der Waals surface area contributed by atoms with Gasteiger partial charge in [-0.25, -0.2) is 4.79 Å². The first-order valence-corrected chi connectivity index (χ1v) is 11.2. The van der Waals surface area contributed by atoms with Gasteiger partial charge < -0.3 is 10.1 Å². The second-order valence-corrected chi connectivity index (χ2v) is 8.67. The van der Waals surface area contributed by atoms with E-state index in [9.17, 15) is 19.2 Å². The van der Waals surface area contributed by atoms with E-state index < -0.39 is 23.8 Å². The van der Waals surface area contributed by atoms with E-state index in [4.69, 9.17) is 4.74 Å².